The largest absolute Gasteiger partial charge is 0.506 e. The van der Waals surface area contributed by atoms with Gasteiger partial charge in [0, 0.05) is 25.6 Å². The summed E-state index contributed by atoms with van der Waals surface area (Å²) in [4.78, 5) is 13.7. The number of phenols is 1. The maximum absolute atomic E-state index is 13.2. The second-order valence-corrected chi connectivity index (χ2v) is 8.36. The van der Waals surface area contributed by atoms with Crippen molar-refractivity contribution < 1.29 is 32.2 Å². The number of aromatic nitrogens is 2. The van der Waals surface area contributed by atoms with Crippen LogP contribution in [0.1, 0.15) is 36.1 Å². The summed E-state index contributed by atoms with van der Waals surface area (Å²) in [6, 6.07) is 9.43. The van der Waals surface area contributed by atoms with Crippen molar-refractivity contribution in [1.82, 2.24) is 14.7 Å². The molecule has 0 aliphatic carbocycles. The van der Waals surface area contributed by atoms with Gasteiger partial charge in [-0.25, -0.2) is 4.39 Å². The standard InChI is InChI=1S/C26H23F4N3O3/c1-32-21(15-23(31-32)26(28,29)30)19-11-12-22(36-16-17-7-9-18(27)10-8-17)20(25(19)35)5-4-14-33-13-3-2-6-24(33)34/h7-12,15,35H,2-3,6,13-14,16H2,1H3. The summed E-state index contributed by atoms with van der Waals surface area (Å²) in [5.41, 5.74) is -0.229. The number of rotatable bonds is 5. The number of phenolic OH excluding ortho intramolecular Hbond substituents is 1. The third kappa shape index (κ3) is 5.62. The third-order valence-corrected chi connectivity index (χ3v) is 5.80. The first kappa shape index (κ1) is 25.1. The molecule has 2 aromatic carbocycles. The highest BCUT2D eigenvalue weighted by Gasteiger charge is 2.35. The number of carbonyl (C=O) groups is 1. The summed E-state index contributed by atoms with van der Waals surface area (Å²) in [5, 5.41) is 14.6. The Morgan fingerprint density at radius 3 is 2.56 bits per heavy atom. The van der Waals surface area contributed by atoms with Crippen molar-refractivity contribution in [2.75, 3.05) is 13.1 Å². The first-order valence-electron chi connectivity index (χ1n) is 11.2. The number of carbonyl (C=O) groups excluding carboxylic acids is 1. The van der Waals surface area contributed by atoms with E-state index in [0.717, 1.165) is 23.6 Å². The van der Waals surface area contributed by atoms with E-state index >= 15 is 0 Å². The lowest BCUT2D eigenvalue weighted by Crippen LogP contribution is -2.35. The molecule has 10 heteroatoms. The highest BCUT2D eigenvalue weighted by Crippen LogP contribution is 2.39. The van der Waals surface area contributed by atoms with E-state index in [2.05, 4.69) is 16.9 Å². The molecule has 4 rings (SSSR count). The van der Waals surface area contributed by atoms with Crippen LogP contribution >= 0.6 is 0 Å². The van der Waals surface area contributed by atoms with Crippen molar-refractivity contribution in [3.8, 4) is 34.6 Å². The van der Waals surface area contributed by atoms with Crippen LogP contribution in [0.25, 0.3) is 11.3 Å². The number of hydrogen-bond donors (Lipinski definition) is 1. The van der Waals surface area contributed by atoms with Crippen molar-refractivity contribution in [2.45, 2.75) is 32.0 Å². The average Bonchev–Trinajstić information content (AvgIpc) is 3.23. The van der Waals surface area contributed by atoms with Crippen molar-refractivity contribution in [3.05, 3.63) is 65.1 Å². The summed E-state index contributed by atoms with van der Waals surface area (Å²) in [6.07, 6.45) is -2.48. The van der Waals surface area contributed by atoms with Crippen LogP contribution in [0.4, 0.5) is 17.6 Å². The van der Waals surface area contributed by atoms with E-state index in [1.807, 2.05) is 0 Å². The molecule has 1 aliphatic heterocycles. The van der Waals surface area contributed by atoms with Gasteiger partial charge in [0.05, 0.1) is 12.2 Å². The second-order valence-electron chi connectivity index (χ2n) is 8.36. The van der Waals surface area contributed by atoms with Gasteiger partial charge in [0.1, 0.15) is 29.5 Å². The van der Waals surface area contributed by atoms with Gasteiger partial charge in [0.2, 0.25) is 5.91 Å². The smallest absolute Gasteiger partial charge is 0.435 e. The minimum atomic E-state index is -4.65. The van der Waals surface area contributed by atoms with Crippen LogP contribution < -0.4 is 4.74 Å². The topological polar surface area (TPSA) is 67.6 Å². The molecule has 0 spiro atoms. The van der Waals surface area contributed by atoms with Crippen molar-refractivity contribution in [1.29, 1.82) is 0 Å². The average molecular weight is 501 g/mol. The minimum Gasteiger partial charge on any atom is -0.506 e. The fourth-order valence-electron chi connectivity index (χ4n) is 3.87. The molecular formula is C26H23F4N3O3. The predicted octanol–water partition coefficient (Wildman–Crippen LogP) is 4.89. The SMILES string of the molecule is Cn1nc(C(F)(F)F)cc1-c1ccc(OCc2ccc(F)cc2)c(C#CCN2CCCCC2=O)c1O. The van der Waals surface area contributed by atoms with Crippen LogP contribution in [0.3, 0.4) is 0 Å². The van der Waals surface area contributed by atoms with Gasteiger partial charge >= 0.3 is 6.18 Å². The number of amides is 1. The summed E-state index contributed by atoms with van der Waals surface area (Å²) < 4.78 is 59.6. The van der Waals surface area contributed by atoms with Crippen molar-refractivity contribution in [2.24, 2.45) is 7.05 Å². The molecule has 6 nitrogen and oxygen atoms in total. The minimum absolute atomic E-state index is 0.00382. The fourth-order valence-corrected chi connectivity index (χ4v) is 3.87. The fraction of sp³-hybridized carbons (Fsp3) is 0.308. The Hall–Kier alpha value is -4.00. The lowest BCUT2D eigenvalue weighted by atomic mass is 10.0. The van der Waals surface area contributed by atoms with E-state index in [0.29, 0.717) is 18.5 Å². The van der Waals surface area contributed by atoms with Crippen LogP contribution in [-0.2, 0) is 24.6 Å². The number of halogens is 4. The zero-order chi connectivity index (χ0) is 25.9. The molecule has 1 N–H and O–H groups in total. The van der Waals surface area contributed by atoms with Gasteiger partial charge in [-0.05, 0) is 48.7 Å². The number of nitrogens with zero attached hydrogens (tertiary/aromatic N) is 3. The Bertz CT molecular complexity index is 1320. The first-order chi connectivity index (χ1) is 17.1. The Morgan fingerprint density at radius 1 is 1.14 bits per heavy atom. The lowest BCUT2D eigenvalue weighted by molar-refractivity contribution is -0.141. The number of ether oxygens (including phenoxy) is 1. The van der Waals surface area contributed by atoms with Gasteiger partial charge in [-0.15, -0.1) is 0 Å². The molecule has 1 fully saturated rings. The summed E-state index contributed by atoms with van der Waals surface area (Å²) >= 11 is 0. The van der Waals surface area contributed by atoms with Gasteiger partial charge < -0.3 is 14.7 Å². The monoisotopic (exact) mass is 501 g/mol. The van der Waals surface area contributed by atoms with Crippen molar-refractivity contribution >= 4 is 5.91 Å². The van der Waals surface area contributed by atoms with Gasteiger partial charge in [0.25, 0.3) is 0 Å². The molecule has 1 saturated heterocycles. The van der Waals surface area contributed by atoms with Crippen molar-refractivity contribution in [3.63, 3.8) is 0 Å². The Kier molecular flexibility index (Phi) is 7.20. The van der Waals surface area contributed by atoms with Gasteiger partial charge in [-0.3, -0.25) is 9.48 Å². The Balaban J connectivity index is 1.69. The lowest BCUT2D eigenvalue weighted by Gasteiger charge is -2.24. The molecule has 0 unspecified atom stereocenters. The van der Waals surface area contributed by atoms with E-state index in [9.17, 15) is 27.5 Å². The van der Waals surface area contributed by atoms with E-state index in [1.54, 1.807) is 17.0 Å². The normalized spacial score (nSPS) is 13.9. The van der Waals surface area contributed by atoms with E-state index in [-0.39, 0.29) is 47.4 Å². The molecule has 1 amide bonds. The van der Waals surface area contributed by atoms with Crippen LogP contribution in [0.5, 0.6) is 11.5 Å². The molecule has 188 valence electrons. The zero-order valence-electron chi connectivity index (χ0n) is 19.4. The Morgan fingerprint density at radius 2 is 1.89 bits per heavy atom. The molecule has 2 heterocycles. The number of alkyl halides is 3. The molecule has 1 aliphatic rings. The van der Waals surface area contributed by atoms with Gasteiger partial charge in [0.15, 0.2) is 5.69 Å². The maximum Gasteiger partial charge on any atom is 0.435 e. The van der Waals surface area contributed by atoms with E-state index < -0.39 is 17.7 Å². The summed E-state index contributed by atoms with van der Waals surface area (Å²) in [5.74, 6) is 5.12. The number of hydrogen-bond acceptors (Lipinski definition) is 4. The van der Waals surface area contributed by atoms with E-state index in [1.165, 1.54) is 31.3 Å². The van der Waals surface area contributed by atoms with Gasteiger partial charge in [-0.2, -0.15) is 18.3 Å². The highest BCUT2D eigenvalue weighted by atomic mass is 19.4. The number of aryl methyl sites for hydroxylation is 1. The molecule has 3 aromatic rings. The second kappa shape index (κ2) is 10.3. The maximum atomic E-state index is 13.2. The zero-order valence-corrected chi connectivity index (χ0v) is 19.4. The molecule has 36 heavy (non-hydrogen) atoms. The number of aromatic hydroxyl groups is 1. The Labute approximate surface area is 205 Å². The number of piperidine rings is 1. The van der Waals surface area contributed by atoms with E-state index in [4.69, 9.17) is 4.74 Å². The molecular weight excluding hydrogens is 478 g/mol. The summed E-state index contributed by atoms with van der Waals surface area (Å²) in [7, 11) is 1.34. The van der Waals surface area contributed by atoms with Crippen LogP contribution in [0.2, 0.25) is 0 Å². The highest BCUT2D eigenvalue weighted by molar-refractivity contribution is 5.77. The molecule has 0 radical (unpaired) electrons. The molecule has 1 aromatic heterocycles. The van der Waals surface area contributed by atoms with Gasteiger partial charge in [-0.1, -0.05) is 24.0 Å². The quantitative estimate of drug-likeness (QED) is 0.399. The van der Waals surface area contributed by atoms with Crippen LogP contribution in [0.15, 0.2) is 42.5 Å². The summed E-state index contributed by atoms with van der Waals surface area (Å²) in [6.45, 7) is 0.773. The first-order valence-corrected chi connectivity index (χ1v) is 11.2. The predicted molar refractivity (Wildman–Crippen MR) is 123 cm³/mol. The molecule has 0 bridgehead atoms. The van der Waals surface area contributed by atoms with Crippen LogP contribution in [-0.4, -0.2) is 38.8 Å². The molecule has 0 atom stereocenters. The number of benzene rings is 2. The van der Waals surface area contributed by atoms with Crippen LogP contribution in [0, 0.1) is 17.7 Å². The number of likely N-dealkylation sites (tertiary alicyclic amines) is 1. The molecule has 0 saturated carbocycles. The third-order valence-electron chi connectivity index (χ3n) is 5.80.